The Bertz CT molecular complexity index is 324. The molecule has 0 fully saturated rings. The summed E-state index contributed by atoms with van der Waals surface area (Å²) in [6.07, 6.45) is 5.81. The maximum atomic E-state index is 12.7. The third-order valence-corrected chi connectivity index (χ3v) is 1.16. The van der Waals surface area contributed by atoms with Crippen LogP contribution in [-0.2, 0) is 0 Å². The highest BCUT2D eigenvalue weighted by Crippen LogP contribution is 2.13. The fraction of sp³-hybridized carbons (Fsp3) is 0.143. The summed E-state index contributed by atoms with van der Waals surface area (Å²) in [5, 5.41) is -0.0802. The molecule has 1 aromatic rings. The number of ether oxygens (including phenoxy) is 1. The molecule has 0 saturated heterocycles. The average molecular weight is 187 g/mol. The first-order chi connectivity index (χ1) is 5.74. The van der Waals surface area contributed by atoms with Gasteiger partial charge in [-0.05, 0) is 11.6 Å². The summed E-state index contributed by atoms with van der Waals surface area (Å²) in [7, 11) is 0. The summed E-state index contributed by atoms with van der Waals surface area (Å²) >= 11 is 5.38. The Morgan fingerprint density at radius 3 is 3.17 bits per heavy atom. The standard InChI is InChI=1S/C7H4ClFN2O/c1-2-3-12-6-5(9)4-10-7(8)11-6/h1,4H,3H2. The molecule has 0 bridgehead atoms. The lowest BCUT2D eigenvalue weighted by atomic mass is 10.6. The van der Waals surface area contributed by atoms with Crippen molar-refractivity contribution in [1.29, 1.82) is 0 Å². The minimum atomic E-state index is -0.686. The molecule has 0 aliphatic rings. The molecular formula is C7H4ClFN2O. The Balaban J connectivity index is 2.84. The van der Waals surface area contributed by atoms with Crippen LogP contribution in [0.15, 0.2) is 6.20 Å². The van der Waals surface area contributed by atoms with E-state index in [0.717, 1.165) is 6.20 Å². The Labute approximate surface area is 73.5 Å². The predicted octanol–water partition coefficient (Wildman–Crippen LogP) is 1.28. The van der Waals surface area contributed by atoms with Gasteiger partial charge >= 0.3 is 0 Å². The summed E-state index contributed by atoms with van der Waals surface area (Å²) in [6.45, 7) is -0.0513. The summed E-state index contributed by atoms with van der Waals surface area (Å²) in [5.74, 6) is 1.26. The summed E-state index contributed by atoms with van der Waals surface area (Å²) < 4.78 is 17.4. The molecule has 0 radical (unpaired) electrons. The number of rotatable bonds is 2. The zero-order chi connectivity index (χ0) is 8.97. The number of hydrogen-bond donors (Lipinski definition) is 0. The molecule has 0 atom stereocenters. The maximum absolute atomic E-state index is 12.7. The second-order valence-electron chi connectivity index (χ2n) is 1.78. The van der Waals surface area contributed by atoms with Crippen molar-refractivity contribution in [1.82, 2.24) is 9.97 Å². The van der Waals surface area contributed by atoms with Gasteiger partial charge in [0, 0.05) is 0 Å². The molecule has 0 aromatic carbocycles. The van der Waals surface area contributed by atoms with Gasteiger partial charge in [-0.3, -0.25) is 0 Å². The molecule has 3 nitrogen and oxygen atoms in total. The van der Waals surface area contributed by atoms with E-state index in [-0.39, 0.29) is 17.8 Å². The molecule has 0 aliphatic carbocycles. The number of nitrogens with zero attached hydrogens (tertiary/aromatic N) is 2. The van der Waals surface area contributed by atoms with Crippen molar-refractivity contribution in [3.63, 3.8) is 0 Å². The Hall–Kier alpha value is -1.34. The summed E-state index contributed by atoms with van der Waals surface area (Å²) in [4.78, 5) is 6.87. The number of halogens is 2. The SMILES string of the molecule is C#CCOc1nc(Cl)ncc1F. The molecule has 0 N–H and O–H groups in total. The van der Waals surface area contributed by atoms with Gasteiger partial charge in [0.2, 0.25) is 11.1 Å². The van der Waals surface area contributed by atoms with Crippen LogP contribution in [-0.4, -0.2) is 16.6 Å². The minimum Gasteiger partial charge on any atom is -0.462 e. The molecule has 12 heavy (non-hydrogen) atoms. The van der Waals surface area contributed by atoms with Gasteiger partial charge in [0.05, 0.1) is 6.20 Å². The van der Waals surface area contributed by atoms with Gasteiger partial charge in [-0.1, -0.05) is 5.92 Å². The van der Waals surface area contributed by atoms with E-state index in [2.05, 4.69) is 15.9 Å². The first kappa shape index (κ1) is 8.75. The van der Waals surface area contributed by atoms with Gasteiger partial charge in [0.15, 0.2) is 6.61 Å². The van der Waals surface area contributed by atoms with Gasteiger partial charge in [0.25, 0.3) is 5.88 Å². The molecule has 0 unspecified atom stereocenters. The fourth-order valence-corrected chi connectivity index (χ4v) is 0.668. The first-order valence-corrected chi connectivity index (χ1v) is 3.36. The van der Waals surface area contributed by atoms with E-state index in [1.807, 2.05) is 0 Å². The number of hydrogen-bond acceptors (Lipinski definition) is 3. The Morgan fingerprint density at radius 2 is 2.50 bits per heavy atom. The molecule has 1 rings (SSSR count). The quantitative estimate of drug-likeness (QED) is 0.516. The van der Waals surface area contributed by atoms with Crippen molar-refractivity contribution in [3.8, 4) is 18.2 Å². The lowest BCUT2D eigenvalue weighted by Gasteiger charge is -2.00. The van der Waals surface area contributed by atoms with Crippen molar-refractivity contribution in [2.45, 2.75) is 0 Å². The van der Waals surface area contributed by atoms with Gasteiger partial charge < -0.3 is 4.74 Å². The van der Waals surface area contributed by atoms with Crippen LogP contribution in [0.3, 0.4) is 0 Å². The van der Waals surface area contributed by atoms with Gasteiger partial charge in [0.1, 0.15) is 0 Å². The first-order valence-electron chi connectivity index (χ1n) is 2.98. The van der Waals surface area contributed by atoms with Crippen molar-refractivity contribution >= 4 is 11.6 Å². The lowest BCUT2D eigenvalue weighted by Crippen LogP contribution is -1.99. The third-order valence-electron chi connectivity index (χ3n) is 0.975. The summed E-state index contributed by atoms with van der Waals surface area (Å²) in [5.41, 5.74) is 0. The Kier molecular flexibility index (Phi) is 2.83. The second-order valence-corrected chi connectivity index (χ2v) is 2.12. The number of terminal acetylenes is 1. The van der Waals surface area contributed by atoms with Crippen molar-refractivity contribution in [2.75, 3.05) is 6.61 Å². The zero-order valence-electron chi connectivity index (χ0n) is 5.92. The average Bonchev–Trinajstić information content (AvgIpc) is 2.07. The van der Waals surface area contributed by atoms with Crippen LogP contribution in [0.25, 0.3) is 0 Å². The van der Waals surface area contributed by atoms with E-state index in [0.29, 0.717) is 0 Å². The normalized spacial score (nSPS) is 9.08. The van der Waals surface area contributed by atoms with Crippen LogP contribution in [0.1, 0.15) is 0 Å². The smallest absolute Gasteiger partial charge is 0.255 e. The maximum Gasteiger partial charge on any atom is 0.255 e. The molecule has 0 saturated carbocycles. The topological polar surface area (TPSA) is 35.0 Å². The van der Waals surface area contributed by atoms with E-state index in [4.69, 9.17) is 22.8 Å². The molecule has 1 heterocycles. The van der Waals surface area contributed by atoms with Crippen LogP contribution >= 0.6 is 11.6 Å². The minimum absolute atomic E-state index is 0.0513. The van der Waals surface area contributed by atoms with Crippen LogP contribution in [0.4, 0.5) is 4.39 Å². The van der Waals surface area contributed by atoms with Crippen LogP contribution < -0.4 is 4.74 Å². The van der Waals surface area contributed by atoms with E-state index in [1.165, 1.54) is 0 Å². The van der Waals surface area contributed by atoms with Crippen molar-refractivity contribution < 1.29 is 9.13 Å². The van der Waals surface area contributed by atoms with Crippen molar-refractivity contribution in [3.05, 3.63) is 17.3 Å². The molecule has 0 amide bonds. The zero-order valence-corrected chi connectivity index (χ0v) is 6.68. The van der Waals surface area contributed by atoms with E-state index < -0.39 is 5.82 Å². The highest BCUT2D eigenvalue weighted by molar-refractivity contribution is 6.28. The summed E-state index contributed by atoms with van der Waals surface area (Å²) in [6, 6.07) is 0. The molecule has 0 aliphatic heterocycles. The lowest BCUT2D eigenvalue weighted by molar-refractivity contribution is 0.331. The largest absolute Gasteiger partial charge is 0.462 e. The van der Waals surface area contributed by atoms with E-state index in [9.17, 15) is 4.39 Å². The van der Waals surface area contributed by atoms with E-state index in [1.54, 1.807) is 0 Å². The van der Waals surface area contributed by atoms with Crippen LogP contribution in [0.5, 0.6) is 5.88 Å². The fourth-order valence-electron chi connectivity index (χ4n) is 0.542. The van der Waals surface area contributed by atoms with Crippen LogP contribution in [0.2, 0.25) is 5.28 Å². The third kappa shape index (κ3) is 2.07. The predicted molar refractivity (Wildman–Crippen MR) is 41.3 cm³/mol. The highest BCUT2D eigenvalue weighted by atomic mass is 35.5. The molecule has 0 spiro atoms. The second kappa shape index (κ2) is 3.88. The number of aromatic nitrogens is 2. The van der Waals surface area contributed by atoms with Crippen molar-refractivity contribution in [2.24, 2.45) is 0 Å². The van der Waals surface area contributed by atoms with Crippen LogP contribution in [0, 0.1) is 18.2 Å². The molecule has 62 valence electrons. The highest BCUT2D eigenvalue weighted by Gasteiger charge is 2.05. The van der Waals surface area contributed by atoms with Gasteiger partial charge in [-0.15, -0.1) is 6.42 Å². The molecule has 1 aromatic heterocycles. The molecular weight excluding hydrogens is 183 g/mol. The Morgan fingerprint density at radius 1 is 1.75 bits per heavy atom. The van der Waals surface area contributed by atoms with Gasteiger partial charge in [-0.25, -0.2) is 4.98 Å². The monoisotopic (exact) mass is 186 g/mol. The van der Waals surface area contributed by atoms with Gasteiger partial charge in [-0.2, -0.15) is 9.37 Å². The molecule has 5 heteroatoms. The van der Waals surface area contributed by atoms with E-state index >= 15 is 0 Å².